The third kappa shape index (κ3) is 2.21. The maximum Gasteiger partial charge on any atom is 0.374 e. The van der Waals surface area contributed by atoms with Crippen molar-refractivity contribution >= 4 is 11.8 Å². The molecule has 0 spiro atoms. The van der Waals surface area contributed by atoms with Crippen molar-refractivity contribution in [2.75, 3.05) is 18.0 Å². The molecule has 1 fully saturated rings. The van der Waals surface area contributed by atoms with Crippen molar-refractivity contribution in [1.29, 1.82) is 0 Å². The van der Waals surface area contributed by atoms with E-state index >= 15 is 0 Å². The molecule has 1 aromatic heterocycles. The minimum absolute atomic E-state index is 0.137. The van der Waals surface area contributed by atoms with Crippen LogP contribution in [-0.2, 0) is 0 Å². The second-order valence-corrected chi connectivity index (χ2v) is 4.38. The Morgan fingerprint density at radius 1 is 1.47 bits per heavy atom. The van der Waals surface area contributed by atoms with Gasteiger partial charge in [-0.05, 0) is 20.3 Å². The number of aromatic nitrogens is 2. The van der Waals surface area contributed by atoms with E-state index in [1.54, 1.807) is 6.92 Å². The van der Waals surface area contributed by atoms with Gasteiger partial charge < -0.3 is 15.7 Å². The Bertz CT molecular complexity index is 461. The highest BCUT2D eigenvalue weighted by molar-refractivity contribution is 5.83. The molecule has 0 radical (unpaired) electrons. The number of hydrogen-bond donors (Lipinski definition) is 2. The molecule has 1 aliphatic heterocycles. The highest BCUT2D eigenvalue weighted by atomic mass is 16.4. The minimum atomic E-state index is -1.10. The maximum atomic E-state index is 10.9. The summed E-state index contributed by atoms with van der Waals surface area (Å²) in [6.45, 7) is 5.23. The molecule has 1 atom stereocenters. The van der Waals surface area contributed by atoms with Crippen LogP contribution in [0.5, 0.6) is 0 Å². The molecule has 92 valence electrons. The van der Waals surface area contributed by atoms with Crippen molar-refractivity contribution in [2.24, 2.45) is 5.73 Å². The van der Waals surface area contributed by atoms with Gasteiger partial charge in [0, 0.05) is 30.4 Å². The van der Waals surface area contributed by atoms with Crippen molar-refractivity contribution in [2.45, 2.75) is 26.3 Å². The SMILES string of the molecule is Cc1nc(C(=O)O)nc(N2CC[C@@H](N)C2)c1C. The molecule has 17 heavy (non-hydrogen) atoms. The molecule has 2 rings (SSSR count). The Labute approximate surface area is 99.5 Å². The lowest BCUT2D eigenvalue weighted by Gasteiger charge is -2.20. The van der Waals surface area contributed by atoms with Crippen LogP contribution in [0.3, 0.4) is 0 Å². The smallest absolute Gasteiger partial charge is 0.374 e. The first-order chi connectivity index (χ1) is 7.99. The molecule has 1 saturated heterocycles. The van der Waals surface area contributed by atoms with Crippen LogP contribution in [0.4, 0.5) is 5.82 Å². The number of carboxylic acids is 1. The summed E-state index contributed by atoms with van der Waals surface area (Å²) in [5, 5.41) is 8.95. The fraction of sp³-hybridized carbons (Fsp3) is 0.545. The van der Waals surface area contributed by atoms with Crippen LogP contribution in [-0.4, -0.2) is 40.2 Å². The third-order valence-corrected chi connectivity index (χ3v) is 3.08. The molecule has 3 N–H and O–H groups in total. The van der Waals surface area contributed by atoms with E-state index in [2.05, 4.69) is 9.97 Å². The molecule has 6 heteroatoms. The van der Waals surface area contributed by atoms with Crippen molar-refractivity contribution in [3.8, 4) is 0 Å². The van der Waals surface area contributed by atoms with Crippen LogP contribution in [0.15, 0.2) is 0 Å². The summed E-state index contributed by atoms with van der Waals surface area (Å²) in [7, 11) is 0. The molecule has 0 aliphatic carbocycles. The first-order valence-electron chi connectivity index (χ1n) is 5.58. The number of carbonyl (C=O) groups is 1. The molecule has 0 unspecified atom stereocenters. The fourth-order valence-electron chi connectivity index (χ4n) is 2.00. The van der Waals surface area contributed by atoms with E-state index in [1.165, 1.54) is 0 Å². The average Bonchev–Trinajstić information content (AvgIpc) is 2.68. The van der Waals surface area contributed by atoms with Gasteiger partial charge in [-0.1, -0.05) is 0 Å². The Hall–Kier alpha value is -1.69. The summed E-state index contributed by atoms with van der Waals surface area (Å²) in [5.74, 6) is -0.552. The first-order valence-corrected chi connectivity index (χ1v) is 5.58. The van der Waals surface area contributed by atoms with Crippen LogP contribution >= 0.6 is 0 Å². The number of anilines is 1. The van der Waals surface area contributed by atoms with E-state index in [9.17, 15) is 4.79 Å². The first kappa shape index (κ1) is 11.8. The van der Waals surface area contributed by atoms with Gasteiger partial charge in [-0.2, -0.15) is 0 Å². The Balaban J connectivity index is 2.41. The molecule has 0 saturated carbocycles. The summed E-state index contributed by atoms with van der Waals surface area (Å²) in [5.41, 5.74) is 7.47. The van der Waals surface area contributed by atoms with Crippen molar-refractivity contribution < 1.29 is 9.90 Å². The minimum Gasteiger partial charge on any atom is -0.475 e. The zero-order chi connectivity index (χ0) is 12.6. The number of aromatic carboxylic acids is 1. The van der Waals surface area contributed by atoms with Gasteiger partial charge in [-0.15, -0.1) is 0 Å². The molecular formula is C11H16N4O2. The van der Waals surface area contributed by atoms with E-state index in [1.807, 2.05) is 11.8 Å². The number of nitrogens with two attached hydrogens (primary N) is 1. The number of rotatable bonds is 2. The predicted octanol–water partition coefficient (Wildman–Crippen LogP) is 0.329. The lowest BCUT2D eigenvalue weighted by atomic mass is 10.2. The monoisotopic (exact) mass is 236 g/mol. The zero-order valence-corrected chi connectivity index (χ0v) is 9.97. The molecule has 0 amide bonds. The van der Waals surface area contributed by atoms with Gasteiger partial charge in [-0.25, -0.2) is 14.8 Å². The van der Waals surface area contributed by atoms with Gasteiger partial charge in [0.15, 0.2) is 0 Å². The molecule has 1 aromatic rings. The van der Waals surface area contributed by atoms with Crippen molar-refractivity contribution in [1.82, 2.24) is 9.97 Å². The second kappa shape index (κ2) is 4.29. The third-order valence-electron chi connectivity index (χ3n) is 3.08. The molecular weight excluding hydrogens is 220 g/mol. The highest BCUT2D eigenvalue weighted by Crippen LogP contribution is 2.23. The van der Waals surface area contributed by atoms with E-state index in [-0.39, 0.29) is 11.9 Å². The van der Waals surface area contributed by atoms with Crippen LogP contribution in [0.25, 0.3) is 0 Å². The van der Waals surface area contributed by atoms with Gasteiger partial charge in [0.05, 0.1) is 0 Å². The van der Waals surface area contributed by atoms with Crippen molar-refractivity contribution in [3.05, 3.63) is 17.1 Å². The fourth-order valence-corrected chi connectivity index (χ4v) is 2.00. The summed E-state index contributed by atoms with van der Waals surface area (Å²) in [6, 6.07) is 0.137. The quantitative estimate of drug-likeness (QED) is 0.768. The van der Waals surface area contributed by atoms with Gasteiger partial charge >= 0.3 is 5.97 Å². The second-order valence-electron chi connectivity index (χ2n) is 4.38. The molecule has 0 bridgehead atoms. The van der Waals surface area contributed by atoms with Gasteiger partial charge in [0.1, 0.15) is 5.82 Å². The Morgan fingerprint density at radius 2 is 2.18 bits per heavy atom. The van der Waals surface area contributed by atoms with Crippen LogP contribution in [0, 0.1) is 13.8 Å². The number of aryl methyl sites for hydroxylation is 1. The molecule has 0 aromatic carbocycles. The summed E-state index contributed by atoms with van der Waals surface area (Å²) < 4.78 is 0. The Kier molecular flexibility index (Phi) is 2.97. The highest BCUT2D eigenvalue weighted by Gasteiger charge is 2.24. The number of hydrogen-bond acceptors (Lipinski definition) is 5. The normalized spacial score (nSPS) is 19.7. The average molecular weight is 236 g/mol. The molecule has 6 nitrogen and oxygen atoms in total. The summed E-state index contributed by atoms with van der Waals surface area (Å²) >= 11 is 0. The zero-order valence-electron chi connectivity index (χ0n) is 9.97. The summed E-state index contributed by atoms with van der Waals surface area (Å²) in [6.07, 6.45) is 0.908. The van der Waals surface area contributed by atoms with E-state index in [0.29, 0.717) is 11.5 Å². The lowest BCUT2D eigenvalue weighted by Crippen LogP contribution is -2.28. The lowest BCUT2D eigenvalue weighted by molar-refractivity contribution is 0.0683. The van der Waals surface area contributed by atoms with Gasteiger partial charge in [0.25, 0.3) is 0 Å². The largest absolute Gasteiger partial charge is 0.475 e. The van der Waals surface area contributed by atoms with Gasteiger partial charge in [0.2, 0.25) is 5.82 Å². The van der Waals surface area contributed by atoms with E-state index in [0.717, 1.165) is 25.1 Å². The molecule has 1 aliphatic rings. The number of carboxylic acid groups (broad SMARTS) is 1. The van der Waals surface area contributed by atoms with Crippen LogP contribution in [0.2, 0.25) is 0 Å². The van der Waals surface area contributed by atoms with E-state index < -0.39 is 5.97 Å². The maximum absolute atomic E-state index is 10.9. The summed E-state index contributed by atoms with van der Waals surface area (Å²) in [4.78, 5) is 21.0. The standard InChI is InChI=1S/C11H16N4O2/c1-6-7(2)13-9(11(16)17)14-10(6)15-4-3-8(12)5-15/h8H,3-5,12H2,1-2H3,(H,16,17)/t8-/m1/s1. The number of nitrogens with zero attached hydrogens (tertiary/aromatic N) is 3. The van der Waals surface area contributed by atoms with Crippen LogP contribution < -0.4 is 10.6 Å². The van der Waals surface area contributed by atoms with Crippen molar-refractivity contribution in [3.63, 3.8) is 0 Å². The predicted molar refractivity (Wildman–Crippen MR) is 63.3 cm³/mol. The van der Waals surface area contributed by atoms with Crippen LogP contribution in [0.1, 0.15) is 28.3 Å². The topological polar surface area (TPSA) is 92.3 Å². The van der Waals surface area contributed by atoms with Gasteiger partial charge in [-0.3, -0.25) is 0 Å². The Morgan fingerprint density at radius 3 is 2.71 bits per heavy atom. The molecule has 2 heterocycles. The van der Waals surface area contributed by atoms with E-state index in [4.69, 9.17) is 10.8 Å².